The second-order valence-corrected chi connectivity index (χ2v) is 8.09. The zero-order chi connectivity index (χ0) is 17.6. The van der Waals surface area contributed by atoms with Gasteiger partial charge in [0.2, 0.25) is 15.9 Å². The van der Waals surface area contributed by atoms with Crippen LogP contribution in [0.4, 0.5) is 4.39 Å². The molecule has 134 valence electrons. The van der Waals surface area contributed by atoms with Crippen molar-refractivity contribution in [1.82, 2.24) is 9.62 Å². The number of rotatable bonds is 7. The van der Waals surface area contributed by atoms with Gasteiger partial charge in [-0.3, -0.25) is 4.79 Å². The number of amides is 1. The van der Waals surface area contributed by atoms with Crippen molar-refractivity contribution >= 4 is 15.9 Å². The van der Waals surface area contributed by atoms with E-state index in [0.29, 0.717) is 25.9 Å². The van der Waals surface area contributed by atoms with Crippen LogP contribution in [0.15, 0.2) is 29.2 Å². The molecule has 2 rings (SSSR count). The lowest BCUT2D eigenvalue weighted by Gasteiger charge is -2.31. The molecule has 0 aromatic heterocycles. The Balaban J connectivity index is 1.99. The number of nitrogens with zero attached hydrogens (tertiary/aromatic N) is 1. The maximum Gasteiger partial charge on any atom is 0.243 e. The maximum absolute atomic E-state index is 13.0. The van der Waals surface area contributed by atoms with E-state index in [1.54, 1.807) is 0 Å². The third-order valence-electron chi connectivity index (χ3n) is 4.29. The van der Waals surface area contributed by atoms with Gasteiger partial charge >= 0.3 is 0 Å². The average molecular weight is 356 g/mol. The van der Waals surface area contributed by atoms with Gasteiger partial charge in [0.25, 0.3) is 0 Å². The summed E-state index contributed by atoms with van der Waals surface area (Å²) in [4.78, 5) is 12.3. The highest BCUT2D eigenvalue weighted by atomic mass is 32.2. The molecule has 1 fully saturated rings. The van der Waals surface area contributed by atoms with Crippen molar-refractivity contribution < 1.29 is 17.6 Å². The van der Waals surface area contributed by atoms with Gasteiger partial charge in [-0.05, 0) is 43.5 Å². The first-order chi connectivity index (χ1) is 11.4. The van der Waals surface area contributed by atoms with Gasteiger partial charge in [0.05, 0.1) is 10.8 Å². The summed E-state index contributed by atoms with van der Waals surface area (Å²) in [6.45, 7) is 3.30. The molecule has 0 saturated carbocycles. The summed E-state index contributed by atoms with van der Waals surface area (Å²) in [5, 5.41) is 2.90. The fourth-order valence-electron chi connectivity index (χ4n) is 2.86. The highest BCUT2D eigenvalue weighted by molar-refractivity contribution is 7.89. The van der Waals surface area contributed by atoms with Crippen LogP contribution >= 0.6 is 0 Å². The summed E-state index contributed by atoms with van der Waals surface area (Å²) in [5.41, 5.74) is 0. The molecule has 0 spiro atoms. The largest absolute Gasteiger partial charge is 0.356 e. The molecule has 1 N–H and O–H groups in total. The molecule has 1 saturated heterocycles. The molecule has 7 heteroatoms. The number of unbranched alkanes of at least 4 members (excludes halogenated alkanes) is 2. The molecular formula is C17H25FN2O3S. The molecule has 5 nitrogen and oxygen atoms in total. The first-order valence-corrected chi connectivity index (χ1v) is 9.92. The van der Waals surface area contributed by atoms with Crippen molar-refractivity contribution in [2.75, 3.05) is 19.6 Å². The SMILES string of the molecule is CCCCCNC(=O)[C@H]1CCCN(S(=O)(=O)c2ccc(F)cc2)C1. The Morgan fingerprint density at radius 3 is 2.67 bits per heavy atom. The van der Waals surface area contributed by atoms with E-state index in [2.05, 4.69) is 12.2 Å². The monoisotopic (exact) mass is 356 g/mol. The Labute approximate surface area is 143 Å². The van der Waals surface area contributed by atoms with Gasteiger partial charge in [-0.15, -0.1) is 0 Å². The van der Waals surface area contributed by atoms with Crippen LogP contribution in [0.25, 0.3) is 0 Å². The lowest BCUT2D eigenvalue weighted by Crippen LogP contribution is -2.45. The average Bonchev–Trinajstić information content (AvgIpc) is 2.59. The smallest absolute Gasteiger partial charge is 0.243 e. The van der Waals surface area contributed by atoms with Crippen molar-refractivity contribution in [3.63, 3.8) is 0 Å². The van der Waals surface area contributed by atoms with E-state index in [-0.39, 0.29) is 23.3 Å². The second kappa shape index (κ2) is 8.58. The van der Waals surface area contributed by atoms with Gasteiger partial charge in [-0.2, -0.15) is 4.31 Å². The lowest BCUT2D eigenvalue weighted by atomic mass is 9.99. The van der Waals surface area contributed by atoms with Crippen LogP contribution in [0.1, 0.15) is 39.0 Å². The minimum absolute atomic E-state index is 0.0629. The van der Waals surface area contributed by atoms with Crippen LogP contribution in [-0.4, -0.2) is 38.3 Å². The predicted octanol–water partition coefficient (Wildman–Crippen LogP) is 2.53. The van der Waals surface area contributed by atoms with E-state index in [9.17, 15) is 17.6 Å². The Morgan fingerprint density at radius 1 is 1.29 bits per heavy atom. The Kier molecular flexibility index (Phi) is 6.74. The fraction of sp³-hybridized carbons (Fsp3) is 0.588. The summed E-state index contributed by atoms with van der Waals surface area (Å²) >= 11 is 0. The first-order valence-electron chi connectivity index (χ1n) is 8.48. The van der Waals surface area contributed by atoms with Crippen LogP contribution in [0.5, 0.6) is 0 Å². The molecule has 24 heavy (non-hydrogen) atoms. The van der Waals surface area contributed by atoms with Crippen LogP contribution < -0.4 is 5.32 Å². The molecule has 0 unspecified atom stereocenters. The van der Waals surface area contributed by atoms with Gasteiger partial charge in [0.1, 0.15) is 5.82 Å². The van der Waals surface area contributed by atoms with E-state index < -0.39 is 15.8 Å². The molecule has 0 radical (unpaired) electrons. The molecule has 1 aliphatic rings. The van der Waals surface area contributed by atoms with Crippen LogP contribution in [0, 0.1) is 11.7 Å². The number of benzene rings is 1. The molecule has 1 aromatic rings. The van der Waals surface area contributed by atoms with Crippen molar-refractivity contribution in [2.24, 2.45) is 5.92 Å². The summed E-state index contributed by atoms with van der Waals surface area (Å²) < 4.78 is 39.6. The minimum atomic E-state index is -3.69. The maximum atomic E-state index is 13.0. The van der Waals surface area contributed by atoms with Crippen molar-refractivity contribution in [3.05, 3.63) is 30.1 Å². The fourth-order valence-corrected chi connectivity index (χ4v) is 4.39. The molecule has 1 aliphatic heterocycles. The van der Waals surface area contributed by atoms with Gasteiger partial charge in [-0.25, -0.2) is 12.8 Å². The highest BCUT2D eigenvalue weighted by Gasteiger charge is 2.33. The number of carbonyl (C=O) groups excluding carboxylic acids is 1. The molecule has 1 atom stereocenters. The summed E-state index contributed by atoms with van der Waals surface area (Å²) in [7, 11) is -3.69. The first kappa shape index (κ1) is 18.9. The van der Waals surface area contributed by atoms with Crippen LogP contribution in [-0.2, 0) is 14.8 Å². The molecule has 0 bridgehead atoms. The lowest BCUT2D eigenvalue weighted by molar-refractivity contribution is -0.126. The number of hydrogen-bond acceptors (Lipinski definition) is 3. The molecular weight excluding hydrogens is 331 g/mol. The summed E-state index contributed by atoms with van der Waals surface area (Å²) in [6, 6.07) is 4.79. The summed E-state index contributed by atoms with van der Waals surface area (Å²) in [5.74, 6) is -0.877. The van der Waals surface area contributed by atoms with Gasteiger partial charge < -0.3 is 5.32 Å². The number of carbonyl (C=O) groups is 1. The molecule has 1 aromatic carbocycles. The number of nitrogens with one attached hydrogen (secondary N) is 1. The second-order valence-electron chi connectivity index (χ2n) is 6.15. The Bertz CT molecular complexity index is 646. The quantitative estimate of drug-likeness (QED) is 0.764. The van der Waals surface area contributed by atoms with Gasteiger partial charge in [-0.1, -0.05) is 19.8 Å². The Morgan fingerprint density at radius 2 is 2.00 bits per heavy atom. The zero-order valence-corrected chi connectivity index (χ0v) is 14.8. The van der Waals surface area contributed by atoms with Crippen molar-refractivity contribution in [2.45, 2.75) is 43.9 Å². The van der Waals surface area contributed by atoms with E-state index >= 15 is 0 Å². The van der Waals surface area contributed by atoms with Crippen LogP contribution in [0.2, 0.25) is 0 Å². The zero-order valence-electron chi connectivity index (χ0n) is 14.0. The van der Waals surface area contributed by atoms with Gasteiger partial charge in [0.15, 0.2) is 0 Å². The standard InChI is InChI=1S/C17H25FN2O3S/c1-2-3-4-11-19-17(21)14-6-5-12-20(13-14)24(22,23)16-9-7-15(18)8-10-16/h7-10,14H,2-6,11-13H2,1H3,(H,19,21)/t14-/m0/s1. The van der Waals surface area contributed by atoms with E-state index in [4.69, 9.17) is 0 Å². The van der Waals surface area contributed by atoms with E-state index in [1.165, 1.54) is 16.4 Å². The Hall–Kier alpha value is -1.47. The number of hydrogen-bond donors (Lipinski definition) is 1. The number of piperidine rings is 1. The van der Waals surface area contributed by atoms with Gasteiger partial charge in [0, 0.05) is 19.6 Å². The predicted molar refractivity (Wildman–Crippen MR) is 90.4 cm³/mol. The topological polar surface area (TPSA) is 66.5 Å². The van der Waals surface area contributed by atoms with Crippen LogP contribution in [0.3, 0.4) is 0 Å². The molecule has 0 aliphatic carbocycles. The number of sulfonamides is 1. The highest BCUT2D eigenvalue weighted by Crippen LogP contribution is 2.24. The molecule has 1 amide bonds. The summed E-state index contributed by atoms with van der Waals surface area (Å²) in [6.07, 6.45) is 4.42. The van der Waals surface area contributed by atoms with E-state index in [1.807, 2.05) is 0 Å². The molecule has 1 heterocycles. The minimum Gasteiger partial charge on any atom is -0.356 e. The third-order valence-corrected chi connectivity index (χ3v) is 6.17. The number of halogens is 1. The van der Waals surface area contributed by atoms with E-state index in [0.717, 1.165) is 31.4 Å². The normalized spacial score (nSPS) is 19.2. The third kappa shape index (κ3) is 4.77. The van der Waals surface area contributed by atoms with Crippen molar-refractivity contribution in [1.29, 1.82) is 0 Å². The van der Waals surface area contributed by atoms with Crippen molar-refractivity contribution in [3.8, 4) is 0 Å².